The highest BCUT2D eigenvalue weighted by Gasteiger charge is 2.20. The van der Waals surface area contributed by atoms with E-state index in [4.69, 9.17) is 20.6 Å². The molecule has 0 amide bonds. The van der Waals surface area contributed by atoms with E-state index in [9.17, 15) is 0 Å². The van der Waals surface area contributed by atoms with Crippen LogP contribution in [-0.4, -0.2) is 45.9 Å². The van der Waals surface area contributed by atoms with Gasteiger partial charge in [-0.25, -0.2) is 0 Å². The van der Waals surface area contributed by atoms with Crippen molar-refractivity contribution in [3.63, 3.8) is 0 Å². The Kier molecular flexibility index (Phi) is 6.48. The molecular formula is C15H25N3O2. The first-order chi connectivity index (χ1) is 9.52. The number of nitrogens with two attached hydrogens (primary N) is 1. The maximum Gasteiger partial charge on any atom is 0.124 e. The van der Waals surface area contributed by atoms with Crippen LogP contribution < -0.4 is 10.6 Å². The molecular weight excluding hydrogens is 254 g/mol. The van der Waals surface area contributed by atoms with Gasteiger partial charge in [0.15, 0.2) is 0 Å². The fourth-order valence-corrected chi connectivity index (χ4v) is 2.33. The second kappa shape index (κ2) is 7.87. The van der Waals surface area contributed by atoms with Crippen molar-refractivity contribution >= 4 is 11.5 Å². The Hall–Kier alpha value is -1.59. The van der Waals surface area contributed by atoms with Crippen LogP contribution in [0.15, 0.2) is 18.2 Å². The number of nitrogens with one attached hydrogen (secondary N) is 1. The molecule has 0 aliphatic rings. The van der Waals surface area contributed by atoms with Gasteiger partial charge in [0.05, 0.1) is 18.9 Å². The van der Waals surface area contributed by atoms with Crippen LogP contribution in [0.5, 0.6) is 0 Å². The van der Waals surface area contributed by atoms with Gasteiger partial charge in [-0.15, -0.1) is 0 Å². The van der Waals surface area contributed by atoms with Gasteiger partial charge in [-0.1, -0.05) is 12.1 Å². The van der Waals surface area contributed by atoms with Gasteiger partial charge in [0, 0.05) is 32.4 Å². The predicted molar refractivity (Wildman–Crippen MR) is 82.8 cm³/mol. The maximum absolute atomic E-state index is 7.77. The molecule has 0 saturated carbocycles. The van der Waals surface area contributed by atoms with Gasteiger partial charge in [0.2, 0.25) is 0 Å². The molecule has 5 nitrogen and oxygen atoms in total. The third-order valence-electron chi connectivity index (χ3n) is 3.29. The van der Waals surface area contributed by atoms with Crippen LogP contribution in [0.4, 0.5) is 5.69 Å². The minimum absolute atomic E-state index is 0.0794. The first-order valence-electron chi connectivity index (χ1n) is 6.71. The summed E-state index contributed by atoms with van der Waals surface area (Å²) in [6.07, 6.45) is 0. The normalized spacial score (nSPS) is 12.2. The van der Waals surface area contributed by atoms with E-state index >= 15 is 0 Å². The summed E-state index contributed by atoms with van der Waals surface area (Å²) in [5.74, 6) is 0.0794. The summed E-state index contributed by atoms with van der Waals surface area (Å²) in [5, 5.41) is 7.77. The van der Waals surface area contributed by atoms with E-state index < -0.39 is 0 Å². The van der Waals surface area contributed by atoms with Crippen molar-refractivity contribution < 1.29 is 9.47 Å². The smallest absolute Gasteiger partial charge is 0.124 e. The summed E-state index contributed by atoms with van der Waals surface area (Å²) in [6.45, 7) is 6.07. The van der Waals surface area contributed by atoms with Gasteiger partial charge in [-0.05, 0) is 25.5 Å². The molecule has 0 aromatic heterocycles. The minimum Gasteiger partial charge on any atom is -0.384 e. The topological polar surface area (TPSA) is 71.6 Å². The molecule has 0 radical (unpaired) electrons. The van der Waals surface area contributed by atoms with Crippen LogP contribution in [0.3, 0.4) is 0 Å². The highest BCUT2D eigenvalue weighted by atomic mass is 16.5. The summed E-state index contributed by atoms with van der Waals surface area (Å²) < 4.78 is 10.5. The number of amidine groups is 1. The summed E-state index contributed by atoms with van der Waals surface area (Å²) in [7, 11) is 3.37. The standard InChI is InChI=1S/C15H25N3O2/c1-11-6-5-7-13(15(16)17)14(11)18(8-9-19-3)12(2)10-20-4/h5-7,12H,8-10H2,1-4H3,(H3,16,17). The quantitative estimate of drug-likeness (QED) is 0.562. The molecule has 0 saturated heterocycles. The third-order valence-corrected chi connectivity index (χ3v) is 3.29. The van der Waals surface area contributed by atoms with Gasteiger partial charge in [0.1, 0.15) is 5.84 Å². The Balaban J connectivity index is 3.21. The third kappa shape index (κ3) is 3.95. The summed E-state index contributed by atoms with van der Waals surface area (Å²) in [4.78, 5) is 2.19. The Morgan fingerprint density at radius 1 is 1.35 bits per heavy atom. The predicted octanol–water partition coefficient (Wildman–Crippen LogP) is 1.77. The van der Waals surface area contributed by atoms with E-state index in [2.05, 4.69) is 11.8 Å². The molecule has 0 fully saturated rings. The molecule has 1 rings (SSSR count). The molecule has 5 heteroatoms. The Bertz CT molecular complexity index is 449. The van der Waals surface area contributed by atoms with Crippen molar-refractivity contribution in [2.24, 2.45) is 5.73 Å². The van der Waals surface area contributed by atoms with E-state index in [0.717, 1.165) is 23.4 Å². The van der Waals surface area contributed by atoms with E-state index in [0.29, 0.717) is 13.2 Å². The zero-order valence-corrected chi connectivity index (χ0v) is 12.8. The zero-order valence-electron chi connectivity index (χ0n) is 12.8. The van der Waals surface area contributed by atoms with Crippen LogP contribution in [0.1, 0.15) is 18.1 Å². The van der Waals surface area contributed by atoms with Gasteiger partial charge in [-0.2, -0.15) is 0 Å². The van der Waals surface area contributed by atoms with Crippen molar-refractivity contribution in [3.05, 3.63) is 29.3 Å². The van der Waals surface area contributed by atoms with Crippen LogP contribution >= 0.6 is 0 Å². The van der Waals surface area contributed by atoms with Gasteiger partial charge in [0.25, 0.3) is 0 Å². The number of nitrogens with zero attached hydrogens (tertiary/aromatic N) is 1. The number of para-hydroxylation sites is 1. The Morgan fingerprint density at radius 2 is 2.05 bits per heavy atom. The molecule has 0 spiro atoms. The number of hydrogen-bond acceptors (Lipinski definition) is 4. The number of ether oxygens (including phenoxy) is 2. The van der Waals surface area contributed by atoms with Crippen LogP contribution in [-0.2, 0) is 9.47 Å². The van der Waals surface area contributed by atoms with Gasteiger partial charge in [-0.3, -0.25) is 5.41 Å². The van der Waals surface area contributed by atoms with Crippen LogP contribution in [0, 0.1) is 12.3 Å². The number of rotatable bonds is 8. The summed E-state index contributed by atoms with van der Waals surface area (Å²) in [5.41, 5.74) is 8.55. The molecule has 1 unspecified atom stereocenters. The molecule has 1 aromatic rings. The number of benzene rings is 1. The van der Waals surface area contributed by atoms with Crippen molar-refractivity contribution in [2.75, 3.05) is 38.9 Å². The lowest BCUT2D eigenvalue weighted by Crippen LogP contribution is -2.40. The summed E-state index contributed by atoms with van der Waals surface area (Å²) >= 11 is 0. The van der Waals surface area contributed by atoms with Crippen molar-refractivity contribution in [1.29, 1.82) is 5.41 Å². The Morgan fingerprint density at radius 3 is 2.60 bits per heavy atom. The number of hydrogen-bond donors (Lipinski definition) is 2. The average Bonchev–Trinajstić information content (AvgIpc) is 2.40. The lowest BCUT2D eigenvalue weighted by Gasteiger charge is -2.33. The average molecular weight is 279 g/mol. The molecule has 3 N–H and O–H groups in total. The first kappa shape index (κ1) is 16.5. The number of nitrogen functional groups attached to an aromatic ring is 1. The lowest BCUT2D eigenvalue weighted by atomic mass is 10.0. The zero-order chi connectivity index (χ0) is 15.1. The second-order valence-electron chi connectivity index (χ2n) is 4.88. The molecule has 1 atom stereocenters. The molecule has 0 bridgehead atoms. The number of aryl methyl sites for hydroxylation is 1. The number of methoxy groups -OCH3 is 2. The first-order valence-corrected chi connectivity index (χ1v) is 6.71. The molecule has 112 valence electrons. The van der Waals surface area contributed by atoms with Crippen LogP contribution in [0.2, 0.25) is 0 Å². The van der Waals surface area contributed by atoms with Crippen molar-refractivity contribution in [3.8, 4) is 0 Å². The second-order valence-corrected chi connectivity index (χ2v) is 4.88. The number of anilines is 1. The minimum atomic E-state index is 0.0794. The molecule has 0 aliphatic heterocycles. The molecule has 0 heterocycles. The van der Waals surface area contributed by atoms with E-state index in [1.54, 1.807) is 14.2 Å². The van der Waals surface area contributed by atoms with Crippen molar-refractivity contribution in [1.82, 2.24) is 0 Å². The van der Waals surface area contributed by atoms with Gasteiger partial charge < -0.3 is 20.1 Å². The van der Waals surface area contributed by atoms with E-state index in [1.165, 1.54) is 0 Å². The molecule has 1 aromatic carbocycles. The fourth-order valence-electron chi connectivity index (χ4n) is 2.33. The molecule has 0 aliphatic carbocycles. The maximum atomic E-state index is 7.77. The van der Waals surface area contributed by atoms with Gasteiger partial charge >= 0.3 is 0 Å². The highest BCUT2D eigenvalue weighted by Crippen LogP contribution is 2.26. The molecule has 20 heavy (non-hydrogen) atoms. The monoisotopic (exact) mass is 279 g/mol. The lowest BCUT2D eigenvalue weighted by molar-refractivity contribution is 0.171. The highest BCUT2D eigenvalue weighted by molar-refractivity contribution is 6.01. The van der Waals surface area contributed by atoms with Crippen LogP contribution in [0.25, 0.3) is 0 Å². The Labute approximate surface area is 121 Å². The largest absolute Gasteiger partial charge is 0.384 e. The van der Waals surface area contributed by atoms with E-state index in [1.807, 2.05) is 25.1 Å². The van der Waals surface area contributed by atoms with Crippen molar-refractivity contribution in [2.45, 2.75) is 19.9 Å². The van der Waals surface area contributed by atoms with E-state index in [-0.39, 0.29) is 11.9 Å². The SMILES string of the molecule is COCCN(c1c(C)cccc1C(=N)N)C(C)COC. The fraction of sp³-hybridized carbons (Fsp3) is 0.533. The summed E-state index contributed by atoms with van der Waals surface area (Å²) in [6, 6.07) is 6.00.